The summed E-state index contributed by atoms with van der Waals surface area (Å²) < 4.78 is 5.39. The van der Waals surface area contributed by atoms with E-state index in [0.717, 1.165) is 13.0 Å². The van der Waals surface area contributed by atoms with Crippen molar-refractivity contribution < 1.29 is 4.74 Å². The van der Waals surface area contributed by atoms with Gasteiger partial charge >= 0.3 is 6.01 Å². The molecule has 2 aromatic rings. The Labute approximate surface area is 129 Å². The SMILES string of the molecule is CCCNc1nc(NCc2cscc2C)nc(OCC)n1. The van der Waals surface area contributed by atoms with Gasteiger partial charge in [0.05, 0.1) is 6.61 Å². The van der Waals surface area contributed by atoms with Gasteiger partial charge in [0.2, 0.25) is 11.9 Å². The third kappa shape index (κ3) is 4.56. The van der Waals surface area contributed by atoms with Crippen molar-refractivity contribution in [2.75, 3.05) is 23.8 Å². The fourth-order valence-electron chi connectivity index (χ4n) is 1.69. The van der Waals surface area contributed by atoms with Crippen LogP contribution in [0.25, 0.3) is 0 Å². The van der Waals surface area contributed by atoms with Crippen LogP contribution in [0, 0.1) is 6.92 Å². The second-order valence-corrected chi connectivity index (χ2v) is 5.30. The Morgan fingerprint density at radius 1 is 1.10 bits per heavy atom. The molecule has 0 aliphatic heterocycles. The minimum Gasteiger partial charge on any atom is -0.464 e. The first-order valence-electron chi connectivity index (χ1n) is 7.11. The molecule has 0 radical (unpaired) electrons. The third-order valence-electron chi connectivity index (χ3n) is 2.82. The van der Waals surface area contributed by atoms with Crippen molar-refractivity contribution in [3.63, 3.8) is 0 Å². The van der Waals surface area contributed by atoms with E-state index >= 15 is 0 Å². The summed E-state index contributed by atoms with van der Waals surface area (Å²) in [5, 5.41) is 10.6. The molecule has 0 fully saturated rings. The van der Waals surface area contributed by atoms with Crippen LogP contribution in [0.3, 0.4) is 0 Å². The number of anilines is 2. The summed E-state index contributed by atoms with van der Waals surface area (Å²) in [5.41, 5.74) is 2.53. The fraction of sp³-hybridized carbons (Fsp3) is 0.500. The third-order valence-corrected chi connectivity index (χ3v) is 3.73. The quantitative estimate of drug-likeness (QED) is 0.781. The molecule has 2 rings (SSSR count). The van der Waals surface area contributed by atoms with Gasteiger partial charge in [-0.2, -0.15) is 26.3 Å². The molecule has 0 aliphatic carbocycles. The highest BCUT2D eigenvalue weighted by Crippen LogP contribution is 2.16. The Morgan fingerprint density at radius 2 is 1.86 bits per heavy atom. The molecule has 2 heterocycles. The first kappa shape index (κ1) is 15.5. The van der Waals surface area contributed by atoms with Gasteiger partial charge in [-0.3, -0.25) is 0 Å². The summed E-state index contributed by atoms with van der Waals surface area (Å²) in [6.07, 6.45) is 1.01. The van der Waals surface area contributed by atoms with Crippen molar-refractivity contribution in [2.45, 2.75) is 33.7 Å². The summed E-state index contributed by atoms with van der Waals surface area (Å²) in [6, 6.07) is 0.343. The van der Waals surface area contributed by atoms with Crippen molar-refractivity contribution in [1.29, 1.82) is 0 Å². The van der Waals surface area contributed by atoms with Gasteiger partial charge in [-0.05, 0) is 42.2 Å². The molecular weight excluding hydrogens is 286 g/mol. The number of aromatic nitrogens is 3. The summed E-state index contributed by atoms with van der Waals surface area (Å²) >= 11 is 1.70. The van der Waals surface area contributed by atoms with Crippen LogP contribution >= 0.6 is 11.3 Å². The molecular formula is C14H21N5OS. The Bertz CT molecular complexity index is 572. The van der Waals surface area contributed by atoms with Crippen LogP contribution in [0.4, 0.5) is 11.9 Å². The van der Waals surface area contributed by atoms with E-state index < -0.39 is 0 Å². The second-order valence-electron chi connectivity index (χ2n) is 4.56. The van der Waals surface area contributed by atoms with Crippen LogP contribution in [0.5, 0.6) is 6.01 Å². The molecule has 21 heavy (non-hydrogen) atoms. The average molecular weight is 307 g/mol. The standard InChI is InChI=1S/C14H21N5OS/c1-4-6-15-12-17-13(19-14(18-12)20-5-2)16-7-11-9-21-8-10(11)3/h8-9H,4-7H2,1-3H3,(H2,15,16,17,18,19). The summed E-state index contributed by atoms with van der Waals surface area (Å²) in [5.74, 6) is 1.07. The Kier molecular flexibility index (Phi) is 5.74. The van der Waals surface area contributed by atoms with E-state index in [1.165, 1.54) is 11.1 Å². The highest BCUT2D eigenvalue weighted by molar-refractivity contribution is 7.08. The number of aryl methyl sites for hydroxylation is 1. The zero-order valence-electron chi connectivity index (χ0n) is 12.6. The minimum atomic E-state index is 0.343. The zero-order chi connectivity index (χ0) is 15.1. The summed E-state index contributed by atoms with van der Waals surface area (Å²) in [6.45, 7) is 8.14. The van der Waals surface area contributed by atoms with Gasteiger partial charge in [0.15, 0.2) is 0 Å². The van der Waals surface area contributed by atoms with Crippen LogP contribution in [-0.4, -0.2) is 28.1 Å². The molecule has 6 nitrogen and oxygen atoms in total. The van der Waals surface area contributed by atoms with E-state index in [0.29, 0.717) is 31.1 Å². The maximum absolute atomic E-state index is 5.39. The van der Waals surface area contributed by atoms with Crippen LogP contribution < -0.4 is 15.4 Å². The zero-order valence-corrected chi connectivity index (χ0v) is 13.5. The molecule has 2 N–H and O–H groups in total. The van der Waals surface area contributed by atoms with Crippen molar-refractivity contribution in [2.24, 2.45) is 0 Å². The molecule has 0 amide bonds. The van der Waals surface area contributed by atoms with Crippen molar-refractivity contribution >= 4 is 23.2 Å². The molecule has 0 aromatic carbocycles. The second kappa shape index (κ2) is 7.78. The molecule has 114 valence electrons. The highest BCUT2D eigenvalue weighted by atomic mass is 32.1. The lowest BCUT2D eigenvalue weighted by molar-refractivity contribution is 0.312. The molecule has 0 atom stereocenters. The first-order chi connectivity index (χ1) is 10.2. The van der Waals surface area contributed by atoms with E-state index in [9.17, 15) is 0 Å². The molecule has 0 saturated heterocycles. The number of hydrogen-bond donors (Lipinski definition) is 2. The smallest absolute Gasteiger partial charge is 0.323 e. The number of nitrogens with zero attached hydrogens (tertiary/aromatic N) is 3. The molecule has 0 unspecified atom stereocenters. The average Bonchev–Trinajstić information content (AvgIpc) is 2.88. The van der Waals surface area contributed by atoms with Gasteiger partial charge < -0.3 is 15.4 Å². The highest BCUT2D eigenvalue weighted by Gasteiger charge is 2.07. The van der Waals surface area contributed by atoms with Crippen LogP contribution in [-0.2, 0) is 6.54 Å². The molecule has 0 spiro atoms. The van der Waals surface area contributed by atoms with E-state index in [2.05, 4.69) is 50.2 Å². The maximum atomic E-state index is 5.39. The monoisotopic (exact) mass is 307 g/mol. The van der Waals surface area contributed by atoms with Gasteiger partial charge in [0.25, 0.3) is 0 Å². The van der Waals surface area contributed by atoms with Gasteiger partial charge in [-0.15, -0.1) is 0 Å². The summed E-state index contributed by atoms with van der Waals surface area (Å²) in [7, 11) is 0. The maximum Gasteiger partial charge on any atom is 0.323 e. The van der Waals surface area contributed by atoms with Crippen molar-refractivity contribution in [3.05, 3.63) is 21.9 Å². The molecule has 7 heteroatoms. The fourth-order valence-corrected chi connectivity index (χ4v) is 2.54. The molecule has 0 aliphatic rings. The normalized spacial score (nSPS) is 10.4. The lowest BCUT2D eigenvalue weighted by Gasteiger charge is -2.09. The van der Waals surface area contributed by atoms with Gasteiger partial charge in [-0.25, -0.2) is 0 Å². The molecule has 0 saturated carbocycles. The Balaban J connectivity index is 2.09. The molecule has 2 aromatic heterocycles. The van der Waals surface area contributed by atoms with Crippen molar-refractivity contribution in [1.82, 2.24) is 15.0 Å². The lowest BCUT2D eigenvalue weighted by Crippen LogP contribution is -2.11. The summed E-state index contributed by atoms with van der Waals surface area (Å²) in [4.78, 5) is 12.9. The molecule has 0 bridgehead atoms. The number of thiophene rings is 1. The van der Waals surface area contributed by atoms with Crippen LogP contribution in [0.2, 0.25) is 0 Å². The predicted octanol–water partition coefficient (Wildman–Crippen LogP) is 3.07. The number of hydrogen-bond acceptors (Lipinski definition) is 7. The first-order valence-corrected chi connectivity index (χ1v) is 8.05. The largest absolute Gasteiger partial charge is 0.464 e. The van der Waals surface area contributed by atoms with Gasteiger partial charge in [-0.1, -0.05) is 6.92 Å². The number of nitrogens with one attached hydrogen (secondary N) is 2. The van der Waals surface area contributed by atoms with Gasteiger partial charge in [0.1, 0.15) is 0 Å². The number of ether oxygens (including phenoxy) is 1. The van der Waals surface area contributed by atoms with Crippen LogP contribution in [0.1, 0.15) is 31.4 Å². The van der Waals surface area contributed by atoms with E-state index in [1.807, 2.05) is 6.92 Å². The van der Waals surface area contributed by atoms with Crippen LogP contribution in [0.15, 0.2) is 10.8 Å². The minimum absolute atomic E-state index is 0.343. The predicted molar refractivity (Wildman–Crippen MR) is 86.2 cm³/mol. The van der Waals surface area contributed by atoms with Gasteiger partial charge in [0, 0.05) is 13.1 Å². The van der Waals surface area contributed by atoms with Crippen molar-refractivity contribution in [3.8, 4) is 6.01 Å². The van der Waals surface area contributed by atoms with E-state index in [1.54, 1.807) is 11.3 Å². The van der Waals surface area contributed by atoms with E-state index in [-0.39, 0.29) is 0 Å². The Morgan fingerprint density at radius 3 is 2.48 bits per heavy atom. The Hall–Kier alpha value is -1.89. The lowest BCUT2D eigenvalue weighted by atomic mass is 10.2. The topological polar surface area (TPSA) is 72.0 Å². The number of rotatable bonds is 8. The van der Waals surface area contributed by atoms with E-state index in [4.69, 9.17) is 4.74 Å².